The number of anilines is 1. The van der Waals surface area contributed by atoms with Crippen LogP contribution in [-0.4, -0.2) is 86.0 Å². The van der Waals surface area contributed by atoms with E-state index in [-0.39, 0.29) is 5.91 Å². The van der Waals surface area contributed by atoms with E-state index < -0.39 is 6.10 Å². The Balaban J connectivity index is 1.21. The normalized spacial score (nSPS) is 20.2. The predicted octanol–water partition coefficient (Wildman–Crippen LogP) is 2.56. The summed E-state index contributed by atoms with van der Waals surface area (Å²) in [5.74, 6) is 0.557. The fraction of sp³-hybridized carbons (Fsp3) is 0.519. The first-order valence-corrected chi connectivity index (χ1v) is 12.4. The number of β-amino-alcohol motifs (C(OH)–C–C–N with tert-alkyl or cyclic N) is 1. The van der Waals surface area contributed by atoms with Crippen molar-refractivity contribution in [1.29, 1.82) is 0 Å². The lowest BCUT2D eigenvalue weighted by Crippen LogP contribution is -2.44. The number of hydrogen-bond donors (Lipinski definition) is 1. The summed E-state index contributed by atoms with van der Waals surface area (Å²) in [4.78, 5) is 19.6. The minimum absolute atomic E-state index is 0.0733. The van der Waals surface area contributed by atoms with Crippen LogP contribution < -0.4 is 9.64 Å². The molecular weight excluding hydrogens is 430 g/mol. The van der Waals surface area contributed by atoms with Gasteiger partial charge in [-0.15, -0.1) is 0 Å². The molecular formula is C27H35N3O4. The van der Waals surface area contributed by atoms with Crippen LogP contribution in [-0.2, 0) is 17.7 Å². The number of aliphatic hydroxyl groups is 1. The van der Waals surface area contributed by atoms with E-state index in [4.69, 9.17) is 9.47 Å². The van der Waals surface area contributed by atoms with E-state index in [9.17, 15) is 9.90 Å². The lowest BCUT2D eigenvalue weighted by molar-refractivity contribution is 0.0501. The van der Waals surface area contributed by atoms with Gasteiger partial charge in [0.15, 0.2) is 0 Å². The Morgan fingerprint density at radius 1 is 1.06 bits per heavy atom. The summed E-state index contributed by atoms with van der Waals surface area (Å²) in [7, 11) is 2.10. The summed E-state index contributed by atoms with van der Waals surface area (Å²) in [5.41, 5.74) is 4.35. The van der Waals surface area contributed by atoms with Gasteiger partial charge >= 0.3 is 0 Å². The van der Waals surface area contributed by atoms with Crippen LogP contribution in [0, 0.1) is 0 Å². The van der Waals surface area contributed by atoms with Crippen molar-refractivity contribution in [2.45, 2.75) is 38.0 Å². The fourth-order valence-electron chi connectivity index (χ4n) is 5.34. The van der Waals surface area contributed by atoms with E-state index in [0.717, 1.165) is 51.3 Å². The fourth-order valence-corrected chi connectivity index (χ4v) is 5.34. The predicted molar refractivity (Wildman–Crippen MR) is 132 cm³/mol. The SMILES string of the molecule is CN(c1ccc2c(c1)OCCN(C[C@H](O)CN1CCc3ccccc3C1)C2=O)C1CCOCC1. The maximum absolute atomic E-state index is 13.3. The smallest absolute Gasteiger partial charge is 0.257 e. The van der Waals surface area contributed by atoms with Gasteiger partial charge in [-0.1, -0.05) is 24.3 Å². The van der Waals surface area contributed by atoms with Crippen LogP contribution in [0.1, 0.15) is 34.3 Å². The van der Waals surface area contributed by atoms with E-state index in [1.54, 1.807) is 4.90 Å². The van der Waals surface area contributed by atoms with Crippen LogP contribution in [0.25, 0.3) is 0 Å². The molecule has 2 aromatic carbocycles. The molecule has 5 rings (SSSR count). The third kappa shape index (κ3) is 5.06. The molecule has 3 heterocycles. The molecule has 3 aliphatic rings. The third-order valence-electron chi connectivity index (χ3n) is 7.36. The molecule has 1 amide bonds. The van der Waals surface area contributed by atoms with Gasteiger partial charge in [0.25, 0.3) is 5.91 Å². The third-order valence-corrected chi connectivity index (χ3v) is 7.36. The van der Waals surface area contributed by atoms with Gasteiger partial charge in [-0.3, -0.25) is 9.69 Å². The van der Waals surface area contributed by atoms with Crippen LogP contribution in [0.3, 0.4) is 0 Å². The minimum Gasteiger partial charge on any atom is -0.491 e. The summed E-state index contributed by atoms with van der Waals surface area (Å²) in [5, 5.41) is 10.8. The van der Waals surface area contributed by atoms with E-state index in [1.165, 1.54) is 11.1 Å². The van der Waals surface area contributed by atoms with Gasteiger partial charge in [-0.2, -0.15) is 0 Å². The maximum atomic E-state index is 13.3. The van der Waals surface area contributed by atoms with Crippen molar-refractivity contribution < 1.29 is 19.4 Å². The average molecular weight is 466 g/mol. The van der Waals surface area contributed by atoms with Gasteiger partial charge in [0.1, 0.15) is 12.4 Å². The number of rotatable bonds is 6. The van der Waals surface area contributed by atoms with Crippen molar-refractivity contribution in [1.82, 2.24) is 9.80 Å². The number of carbonyl (C=O) groups excluding carboxylic acids is 1. The Morgan fingerprint density at radius 3 is 2.68 bits per heavy atom. The second kappa shape index (κ2) is 10.3. The van der Waals surface area contributed by atoms with Crippen molar-refractivity contribution in [3.05, 3.63) is 59.2 Å². The monoisotopic (exact) mass is 465 g/mol. The van der Waals surface area contributed by atoms with Crippen molar-refractivity contribution in [3.8, 4) is 5.75 Å². The van der Waals surface area contributed by atoms with Crippen molar-refractivity contribution in [2.24, 2.45) is 0 Å². The van der Waals surface area contributed by atoms with Crippen molar-refractivity contribution in [2.75, 3.05) is 57.9 Å². The highest BCUT2D eigenvalue weighted by Crippen LogP contribution is 2.30. The van der Waals surface area contributed by atoms with Crippen LogP contribution >= 0.6 is 0 Å². The summed E-state index contributed by atoms with van der Waals surface area (Å²) in [6.07, 6.45) is 2.40. The number of nitrogens with zero attached hydrogens (tertiary/aromatic N) is 3. The van der Waals surface area contributed by atoms with E-state index in [0.29, 0.717) is 43.6 Å². The molecule has 0 radical (unpaired) electrons. The Labute approximate surface area is 201 Å². The number of fused-ring (bicyclic) bond motifs is 2. The summed E-state index contributed by atoms with van der Waals surface area (Å²) in [6, 6.07) is 14.8. The molecule has 0 spiro atoms. The second-order valence-electron chi connectivity index (χ2n) is 9.64. The van der Waals surface area contributed by atoms with Crippen LogP contribution in [0.5, 0.6) is 5.75 Å². The van der Waals surface area contributed by atoms with Crippen LogP contribution in [0.2, 0.25) is 0 Å². The molecule has 1 atom stereocenters. The standard InChI is InChI=1S/C27H35N3O4/c1-28(22-9-13-33-14-10-22)23-6-7-25-26(16-23)34-15-12-30(27(25)32)19-24(31)18-29-11-8-20-4-2-3-5-21(20)17-29/h2-7,16,22,24,31H,8-15,17-19H2,1H3/t24-/m1/s1. The first-order valence-electron chi connectivity index (χ1n) is 12.4. The van der Waals surface area contributed by atoms with Gasteiger partial charge in [0, 0.05) is 64.2 Å². The zero-order valence-electron chi connectivity index (χ0n) is 20.0. The number of amides is 1. The topological polar surface area (TPSA) is 65.5 Å². The molecule has 0 aliphatic carbocycles. The zero-order valence-corrected chi connectivity index (χ0v) is 20.0. The summed E-state index contributed by atoms with van der Waals surface area (Å²) >= 11 is 0. The zero-order chi connectivity index (χ0) is 23.5. The Hall–Kier alpha value is -2.61. The number of carbonyl (C=O) groups is 1. The van der Waals surface area contributed by atoms with E-state index in [2.05, 4.69) is 41.1 Å². The van der Waals surface area contributed by atoms with Crippen LogP contribution in [0.4, 0.5) is 5.69 Å². The molecule has 0 saturated carbocycles. The number of hydrogen-bond acceptors (Lipinski definition) is 6. The van der Waals surface area contributed by atoms with Gasteiger partial charge in [0.2, 0.25) is 0 Å². The molecule has 7 heteroatoms. The lowest BCUT2D eigenvalue weighted by Gasteiger charge is -2.33. The lowest BCUT2D eigenvalue weighted by atomic mass is 10.00. The second-order valence-corrected chi connectivity index (χ2v) is 9.64. The largest absolute Gasteiger partial charge is 0.491 e. The summed E-state index contributed by atoms with van der Waals surface area (Å²) in [6.45, 7) is 5.11. The Kier molecular flexibility index (Phi) is 7.04. The number of benzene rings is 2. The Morgan fingerprint density at radius 2 is 1.85 bits per heavy atom. The molecule has 7 nitrogen and oxygen atoms in total. The Bertz CT molecular complexity index is 1010. The maximum Gasteiger partial charge on any atom is 0.257 e. The minimum atomic E-state index is -0.602. The highest BCUT2D eigenvalue weighted by molar-refractivity contribution is 5.97. The summed E-state index contributed by atoms with van der Waals surface area (Å²) < 4.78 is 11.5. The molecule has 0 unspecified atom stereocenters. The first kappa shape index (κ1) is 23.1. The average Bonchev–Trinajstić information content (AvgIpc) is 3.02. The van der Waals surface area contributed by atoms with Gasteiger partial charge in [0.05, 0.1) is 18.2 Å². The van der Waals surface area contributed by atoms with E-state index >= 15 is 0 Å². The molecule has 2 aromatic rings. The van der Waals surface area contributed by atoms with Crippen molar-refractivity contribution in [3.63, 3.8) is 0 Å². The highest BCUT2D eigenvalue weighted by Gasteiger charge is 2.28. The van der Waals surface area contributed by atoms with Gasteiger partial charge < -0.3 is 24.4 Å². The molecule has 0 bridgehead atoms. The number of ether oxygens (including phenoxy) is 2. The molecule has 34 heavy (non-hydrogen) atoms. The molecule has 3 aliphatic heterocycles. The van der Waals surface area contributed by atoms with Crippen molar-refractivity contribution >= 4 is 11.6 Å². The molecule has 1 fully saturated rings. The molecule has 182 valence electrons. The highest BCUT2D eigenvalue weighted by atomic mass is 16.5. The quantitative estimate of drug-likeness (QED) is 0.708. The van der Waals surface area contributed by atoms with E-state index in [1.807, 2.05) is 18.2 Å². The number of aliphatic hydroxyl groups excluding tert-OH is 1. The molecule has 1 saturated heterocycles. The molecule has 1 N–H and O–H groups in total. The first-order chi connectivity index (χ1) is 16.6. The van der Waals surface area contributed by atoms with Crippen LogP contribution in [0.15, 0.2) is 42.5 Å². The van der Waals surface area contributed by atoms with Gasteiger partial charge in [-0.05, 0) is 42.5 Å². The molecule has 0 aromatic heterocycles. The van der Waals surface area contributed by atoms with Gasteiger partial charge in [-0.25, -0.2) is 0 Å².